The molecule has 4 heterocycles. The lowest BCUT2D eigenvalue weighted by Gasteiger charge is -2.49. The van der Waals surface area contributed by atoms with E-state index in [4.69, 9.17) is 10.6 Å². The molecule has 0 radical (unpaired) electrons. The molecule has 17 heteroatoms. The van der Waals surface area contributed by atoms with E-state index in [1.807, 2.05) is 0 Å². The molecule has 202 valence electrons. The number of carbonyl (C=O) groups is 3. The van der Waals surface area contributed by atoms with Crippen LogP contribution in [0.5, 0.6) is 0 Å². The van der Waals surface area contributed by atoms with Crippen LogP contribution in [0.1, 0.15) is 44.3 Å². The lowest BCUT2D eigenvalue weighted by Crippen LogP contribution is -2.71. The normalized spacial score (nSPS) is 22.5. The van der Waals surface area contributed by atoms with E-state index in [1.54, 1.807) is 5.51 Å². The number of amides is 2. The highest BCUT2D eigenvalue weighted by Gasteiger charge is 2.54. The van der Waals surface area contributed by atoms with E-state index >= 15 is 0 Å². The van der Waals surface area contributed by atoms with Crippen molar-refractivity contribution < 1.29 is 24.3 Å². The van der Waals surface area contributed by atoms with Gasteiger partial charge in [-0.25, -0.2) is 4.79 Å². The number of carbonyl (C=O) groups excluding carboxylic acids is 2. The van der Waals surface area contributed by atoms with Crippen molar-refractivity contribution in [2.75, 3.05) is 17.2 Å². The van der Waals surface area contributed by atoms with Crippen molar-refractivity contribution in [1.29, 1.82) is 0 Å². The van der Waals surface area contributed by atoms with E-state index in [0.717, 1.165) is 50.1 Å². The van der Waals surface area contributed by atoms with Gasteiger partial charge >= 0.3 is 5.97 Å². The molecule has 13 nitrogen and oxygen atoms in total. The number of fused-ring (bicyclic) bond motifs is 1. The Balaban J connectivity index is 1.30. The van der Waals surface area contributed by atoms with Gasteiger partial charge in [0.15, 0.2) is 9.47 Å². The van der Waals surface area contributed by atoms with Gasteiger partial charge < -0.3 is 21.0 Å². The van der Waals surface area contributed by atoms with Crippen LogP contribution in [0.4, 0.5) is 5.13 Å². The fourth-order valence-electron chi connectivity index (χ4n) is 4.37. The summed E-state index contributed by atoms with van der Waals surface area (Å²) in [7, 11) is 0. The summed E-state index contributed by atoms with van der Waals surface area (Å²) in [4.78, 5) is 49.5. The topological polar surface area (TPSA) is 186 Å². The molecule has 4 N–H and O–H groups in total. The largest absolute Gasteiger partial charge is 0.477 e. The third-order valence-corrected chi connectivity index (χ3v) is 10.0. The second-order valence-electron chi connectivity index (χ2n) is 8.73. The van der Waals surface area contributed by atoms with Crippen LogP contribution in [0.15, 0.2) is 26.3 Å². The molecular formula is C21H24N8O5S4. The number of carboxylic acids is 1. The average Bonchev–Trinajstić information content (AvgIpc) is 3.51. The van der Waals surface area contributed by atoms with Gasteiger partial charge in [0.1, 0.15) is 28.7 Å². The number of carboxylic acid groups (broad SMARTS) is 1. The molecular weight excluding hydrogens is 573 g/mol. The van der Waals surface area contributed by atoms with Gasteiger partial charge in [-0.3, -0.25) is 14.5 Å². The van der Waals surface area contributed by atoms with Crippen molar-refractivity contribution in [2.24, 2.45) is 5.16 Å². The number of nitrogens with two attached hydrogens (primary N) is 1. The first-order valence-corrected chi connectivity index (χ1v) is 15.5. The summed E-state index contributed by atoms with van der Waals surface area (Å²) in [5, 5.41) is 24.0. The SMILES string of the molecule is Nc1nc(C(=NOC2CCCCCC2)C(=O)NC2C(=O)N3C(C(=O)O)=C(CSc4nncs4)CS[C@@H]23)ns1. The minimum atomic E-state index is -1.19. The molecule has 3 aliphatic rings. The molecule has 2 amide bonds. The first-order valence-electron chi connectivity index (χ1n) is 11.9. The van der Waals surface area contributed by atoms with Crippen molar-refractivity contribution in [3.63, 3.8) is 0 Å². The molecule has 2 atom stereocenters. The molecule has 38 heavy (non-hydrogen) atoms. The smallest absolute Gasteiger partial charge is 0.352 e. The molecule has 0 bridgehead atoms. The summed E-state index contributed by atoms with van der Waals surface area (Å²) in [6.45, 7) is 0. The number of rotatable bonds is 9. The second kappa shape index (κ2) is 12.0. The average molecular weight is 597 g/mol. The van der Waals surface area contributed by atoms with Crippen molar-refractivity contribution in [3.05, 3.63) is 22.6 Å². The minimum Gasteiger partial charge on any atom is -0.477 e. The molecule has 0 spiro atoms. The summed E-state index contributed by atoms with van der Waals surface area (Å²) in [5.74, 6) is -1.62. The van der Waals surface area contributed by atoms with Crippen LogP contribution in [0, 0.1) is 0 Å². The first-order chi connectivity index (χ1) is 18.4. The minimum absolute atomic E-state index is 0.0145. The van der Waals surface area contributed by atoms with Crippen LogP contribution in [0.2, 0.25) is 0 Å². The standard InChI is InChI=1S/C21H24N8O5S4/c22-20-25-15(28-38-20)12(27-34-11-5-3-1-2-4-6-11)16(30)24-13-17(31)29-14(19(32)33)10(7-35-18(13)29)8-36-21-26-23-9-37-21/h9,11,13,18H,1-8H2,(H,24,30)(H,32,33)(H2,22,25,28)/t13?,18-/m0/s1. The van der Waals surface area contributed by atoms with E-state index in [-0.39, 0.29) is 28.5 Å². The Bertz CT molecular complexity index is 1260. The summed E-state index contributed by atoms with van der Waals surface area (Å²) >= 11 is 5.03. The molecule has 2 aromatic heterocycles. The highest BCUT2D eigenvalue weighted by atomic mass is 32.2. The maximum absolute atomic E-state index is 13.3. The zero-order valence-electron chi connectivity index (χ0n) is 19.9. The van der Waals surface area contributed by atoms with Crippen molar-refractivity contribution in [3.8, 4) is 0 Å². The number of aromatic nitrogens is 4. The van der Waals surface area contributed by atoms with Gasteiger partial charge in [0, 0.05) is 23.0 Å². The van der Waals surface area contributed by atoms with E-state index in [2.05, 4.69) is 30.0 Å². The number of aliphatic carboxylic acids is 1. The lowest BCUT2D eigenvalue weighted by atomic mass is 10.0. The maximum Gasteiger partial charge on any atom is 0.352 e. The fourth-order valence-corrected chi connectivity index (χ4v) is 7.78. The number of anilines is 1. The van der Waals surface area contributed by atoms with Gasteiger partial charge in [-0.2, -0.15) is 9.36 Å². The highest BCUT2D eigenvalue weighted by molar-refractivity contribution is 8.01. The molecule has 2 aromatic rings. The molecule has 2 aliphatic heterocycles. The molecule has 1 unspecified atom stereocenters. The molecule has 1 saturated heterocycles. The number of oxime groups is 1. The van der Waals surface area contributed by atoms with Crippen LogP contribution >= 0.6 is 46.4 Å². The third-order valence-electron chi connectivity index (χ3n) is 6.21. The summed E-state index contributed by atoms with van der Waals surface area (Å²) in [5.41, 5.74) is 7.70. The number of nitrogens with zero attached hydrogens (tertiary/aromatic N) is 6. The number of nitrogen functional groups attached to an aromatic ring is 1. The molecule has 2 fully saturated rings. The van der Waals surface area contributed by atoms with Gasteiger partial charge in [-0.05, 0) is 31.3 Å². The molecule has 1 aliphatic carbocycles. The van der Waals surface area contributed by atoms with Crippen LogP contribution in [0.3, 0.4) is 0 Å². The van der Waals surface area contributed by atoms with E-state index < -0.39 is 29.2 Å². The maximum atomic E-state index is 13.3. The highest BCUT2D eigenvalue weighted by Crippen LogP contribution is 2.41. The van der Waals surface area contributed by atoms with Gasteiger partial charge in [0.25, 0.3) is 11.8 Å². The predicted octanol–water partition coefficient (Wildman–Crippen LogP) is 1.95. The van der Waals surface area contributed by atoms with Gasteiger partial charge in [0.2, 0.25) is 11.5 Å². The van der Waals surface area contributed by atoms with Gasteiger partial charge in [-0.15, -0.1) is 22.0 Å². The summed E-state index contributed by atoms with van der Waals surface area (Å²) in [6.07, 6.45) is 5.87. The second-order valence-corrected chi connectivity index (χ2v) is 12.7. The third kappa shape index (κ3) is 5.79. The van der Waals surface area contributed by atoms with Crippen molar-refractivity contribution in [2.45, 2.75) is 60.4 Å². The van der Waals surface area contributed by atoms with Gasteiger partial charge in [-0.1, -0.05) is 41.1 Å². The zero-order valence-corrected chi connectivity index (χ0v) is 23.2. The Morgan fingerprint density at radius 2 is 2.08 bits per heavy atom. The summed E-state index contributed by atoms with van der Waals surface area (Å²) < 4.78 is 4.81. The lowest BCUT2D eigenvalue weighted by molar-refractivity contribution is -0.150. The van der Waals surface area contributed by atoms with Crippen molar-refractivity contribution >= 4 is 75.0 Å². The number of hydrogen-bond acceptors (Lipinski definition) is 14. The Hall–Kier alpha value is -2.76. The summed E-state index contributed by atoms with van der Waals surface area (Å²) in [6, 6.07) is -0.932. The quantitative estimate of drug-likeness (QED) is 0.126. The van der Waals surface area contributed by atoms with E-state index in [0.29, 0.717) is 21.4 Å². The first kappa shape index (κ1) is 26.8. The predicted molar refractivity (Wildman–Crippen MR) is 144 cm³/mol. The van der Waals surface area contributed by atoms with Crippen molar-refractivity contribution in [1.82, 2.24) is 29.8 Å². The Kier molecular flexibility index (Phi) is 8.45. The number of thioether (sulfide) groups is 2. The van der Waals surface area contributed by atoms with Crippen LogP contribution < -0.4 is 11.1 Å². The van der Waals surface area contributed by atoms with Crippen LogP contribution in [0.25, 0.3) is 0 Å². The van der Waals surface area contributed by atoms with Crippen LogP contribution in [-0.4, -0.2) is 82.1 Å². The molecule has 5 rings (SSSR count). The Morgan fingerprint density at radius 1 is 1.29 bits per heavy atom. The number of β-lactam (4-membered cyclic amide) rings is 1. The Labute approximate surface area is 233 Å². The number of nitrogens with one attached hydrogen (secondary N) is 1. The van der Waals surface area contributed by atoms with Gasteiger partial charge in [0.05, 0.1) is 0 Å². The van der Waals surface area contributed by atoms with E-state index in [9.17, 15) is 19.5 Å². The Morgan fingerprint density at radius 3 is 2.74 bits per heavy atom. The fraction of sp³-hybridized carbons (Fsp3) is 0.524. The monoisotopic (exact) mass is 596 g/mol. The number of hydrogen-bond donors (Lipinski definition) is 3. The molecule has 1 saturated carbocycles. The molecule has 0 aromatic carbocycles. The van der Waals surface area contributed by atoms with Crippen LogP contribution in [-0.2, 0) is 19.2 Å². The van der Waals surface area contributed by atoms with E-state index in [1.165, 1.54) is 39.8 Å². The zero-order chi connectivity index (χ0) is 26.6.